The highest BCUT2D eigenvalue weighted by Crippen LogP contribution is 2.39. The summed E-state index contributed by atoms with van der Waals surface area (Å²) in [5.41, 5.74) is -0.0407. The molecule has 1 N–H and O–H groups in total. The van der Waals surface area contributed by atoms with Crippen LogP contribution in [-0.4, -0.2) is 60.5 Å². The summed E-state index contributed by atoms with van der Waals surface area (Å²) in [6.45, 7) is 12.3. The van der Waals surface area contributed by atoms with E-state index in [1.807, 2.05) is 0 Å². The molecule has 17 heavy (non-hydrogen) atoms. The number of piperidine rings is 2. The Hall–Kier alpha value is -0.450. The van der Waals surface area contributed by atoms with Gasteiger partial charge in [-0.1, -0.05) is 0 Å². The minimum absolute atomic E-state index is 0.0915. The Kier molecular flexibility index (Phi) is 2.41. The maximum Gasteiger partial charge on any atom is 0.148 e. The van der Waals surface area contributed by atoms with Gasteiger partial charge in [-0.15, -0.1) is 0 Å². The molecule has 4 aliphatic heterocycles. The van der Waals surface area contributed by atoms with Crippen molar-refractivity contribution in [3.8, 4) is 0 Å². The summed E-state index contributed by atoms with van der Waals surface area (Å²) in [6.07, 6.45) is 0. The van der Waals surface area contributed by atoms with E-state index in [0.29, 0.717) is 5.78 Å². The van der Waals surface area contributed by atoms with Crippen LogP contribution in [0.15, 0.2) is 0 Å². The highest BCUT2D eigenvalue weighted by Gasteiger charge is 2.55. The number of hydrogen-bond acceptors (Lipinski definition) is 4. The first kappa shape index (κ1) is 11.6. The molecule has 0 saturated carbocycles. The topological polar surface area (TPSA) is 35.6 Å². The zero-order valence-corrected chi connectivity index (χ0v) is 11.1. The van der Waals surface area contributed by atoms with Crippen molar-refractivity contribution < 1.29 is 4.79 Å². The fourth-order valence-corrected chi connectivity index (χ4v) is 3.60. The predicted molar refractivity (Wildman–Crippen MR) is 66.7 cm³/mol. The number of rotatable bonds is 2. The van der Waals surface area contributed by atoms with Gasteiger partial charge >= 0.3 is 0 Å². The summed E-state index contributed by atoms with van der Waals surface area (Å²) >= 11 is 0. The number of carbonyl (C=O) groups is 1. The van der Waals surface area contributed by atoms with Gasteiger partial charge in [-0.05, 0) is 20.8 Å². The molecule has 2 atom stereocenters. The van der Waals surface area contributed by atoms with Crippen LogP contribution in [0.3, 0.4) is 0 Å². The Morgan fingerprint density at radius 1 is 1.29 bits per heavy atom. The van der Waals surface area contributed by atoms with E-state index in [-0.39, 0.29) is 16.9 Å². The van der Waals surface area contributed by atoms with E-state index in [2.05, 4.69) is 35.9 Å². The van der Waals surface area contributed by atoms with Crippen LogP contribution >= 0.6 is 0 Å². The highest BCUT2D eigenvalue weighted by atomic mass is 16.1. The third-order valence-corrected chi connectivity index (χ3v) is 4.26. The summed E-state index contributed by atoms with van der Waals surface area (Å²) in [5, 5.41) is 3.54. The number of carbonyl (C=O) groups excluding carboxylic acids is 1. The van der Waals surface area contributed by atoms with Gasteiger partial charge < -0.3 is 5.32 Å². The lowest BCUT2D eigenvalue weighted by Gasteiger charge is -2.58. The van der Waals surface area contributed by atoms with Crippen LogP contribution in [0.2, 0.25) is 0 Å². The van der Waals surface area contributed by atoms with Crippen molar-refractivity contribution in [3.63, 3.8) is 0 Å². The molecule has 4 aliphatic rings. The molecule has 4 saturated heterocycles. The Morgan fingerprint density at radius 3 is 2.41 bits per heavy atom. The van der Waals surface area contributed by atoms with Gasteiger partial charge in [0.15, 0.2) is 0 Å². The molecule has 96 valence electrons. The molecule has 0 aliphatic carbocycles. The van der Waals surface area contributed by atoms with Crippen LogP contribution in [0.5, 0.6) is 0 Å². The average Bonchev–Trinajstić information content (AvgIpc) is 2.21. The van der Waals surface area contributed by atoms with Crippen LogP contribution in [-0.2, 0) is 4.79 Å². The van der Waals surface area contributed by atoms with Gasteiger partial charge in [-0.2, -0.15) is 0 Å². The first-order valence-corrected chi connectivity index (χ1v) is 6.62. The second-order valence-corrected chi connectivity index (χ2v) is 7.11. The fourth-order valence-electron chi connectivity index (χ4n) is 3.60. The van der Waals surface area contributed by atoms with Crippen molar-refractivity contribution in [1.82, 2.24) is 15.1 Å². The van der Waals surface area contributed by atoms with E-state index in [4.69, 9.17) is 0 Å². The van der Waals surface area contributed by atoms with Gasteiger partial charge in [0.2, 0.25) is 0 Å². The summed E-state index contributed by atoms with van der Waals surface area (Å²) in [4.78, 5) is 17.4. The molecular weight excluding hydrogens is 214 g/mol. The van der Waals surface area contributed by atoms with Crippen molar-refractivity contribution in [2.24, 2.45) is 11.3 Å². The largest absolute Gasteiger partial charge is 0.311 e. The lowest BCUT2D eigenvalue weighted by atomic mass is 9.68. The SMILES string of the molecule is CC(C)(C)NCC12CN3CC(CN(C3)C1)C2=O. The Balaban J connectivity index is 1.79. The Labute approximate surface area is 103 Å². The van der Waals surface area contributed by atoms with Crippen molar-refractivity contribution in [3.05, 3.63) is 0 Å². The van der Waals surface area contributed by atoms with Crippen molar-refractivity contribution >= 4 is 5.78 Å². The number of hydrogen-bond donors (Lipinski definition) is 1. The zero-order chi connectivity index (χ0) is 12.3. The van der Waals surface area contributed by atoms with E-state index >= 15 is 0 Å². The molecule has 0 aromatic rings. The molecule has 4 nitrogen and oxygen atoms in total. The maximum absolute atomic E-state index is 12.5. The third kappa shape index (κ3) is 1.92. The maximum atomic E-state index is 12.5. The smallest absolute Gasteiger partial charge is 0.148 e. The van der Waals surface area contributed by atoms with Gasteiger partial charge in [0.25, 0.3) is 0 Å². The van der Waals surface area contributed by atoms with Gasteiger partial charge in [0, 0.05) is 44.2 Å². The van der Waals surface area contributed by atoms with Crippen molar-refractivity contribution in [1.29, 1.82) is 0 Å². The summed E-state index contributed by atoms with van der Waals surface area (Å²) in [5.74, 6) is 0.787. The zero-order valence-electron chi connectivity index (χ0n) is 11.1. The van der Waals surface area contributed by atoms with Crippen molar-refractivity contribution in [2.45, 2.75) is 26.3 Å². The van der Waals surface area contributed by atoms with Gasteiger partial charge in [0.1, 0.15) is 5.78 Å². The average molecular weight is 237 g/mol. The number of nitrogens with one attached hydrogen (secondary N) is 1. The molecule has 4 heteroatoms. The molecule has 4 fully saturated rings. The monoisotopic (exact) mass is 237 g/mol. The van der Waals surface area contributed by atoms with Crippen LogP contribution in [0.1, 0.15) is 20.8 Å². The molecule has 0 aromatic heterocycles. The van der Waals surface area contributed by atoms with Crippen LogP contribution in [0.4, 0.5) is 0 Å². The molecule has 2 unspecified atom stereocenters. The molecule has 4 rings (SSSR count). The molecule has 0 amide bonds. The van der Waals surface area contributed by atoms with Gasteiger partial charge in [-0.3, -0.25) is 14.6 Å². The molecular formula is C13H23N3O. The highest BCUT2D eigenvalue weighted by molar-refractivity contribution is 5.90. The number of ketones is 1. The lowest BCUT2D eigenvalue weighted by Crippen LogP contribution is -2.74. The number of Topliss-reactive ketones (excluding diaryl/α,β-unsaturated/α-hetero) is 1. The standard InChI is InChI=1S/C13H23N3O/c1-12(2,3)14-6-13-7-15-4-10(11(13)17)5-16(8-13)9-15/h10,14H,4-9H2,1-3H3. The summed E-state index contributed by atoms with van der Waals surface area (Å²) in [7, 11) is 0. The van der Waals surface area contributed by atoms with Crippen LogP contribution in [0.25, 0.3) is 0 Å². The van der Waals surface area contributed by atoms with E-state index in [9.17, 15) is 4.79 Å². The van der Waals surface area contributed by atoms with Crippen molar-refractivity contribution in [2.75, 3.05) is 39.4 Å². The minimum atomic E-state index is -0.132. The quantitative estimate of drug-likeness (QED) is 0.741. The van der Waals surface area contributed by atoms with Crippen LogP contribution in [0, 0.1) is 11.3 Å². The minimum Gasteiger partial charge on any atom is -0.311 e. The normalized spacial score (nSPS) is 44.4. The third-order valence-electron chi connectivity index (χ3n) is 4.26. The van der Waals surface area contributed by atoms with E-state index in [1.54, 1.807) is 0 Å². The van der Waals surface area contributed by atoms with E-state index < -0.39 is 0 Å². The first-order chi connectivity index (χ1) is 7.88. The lowest BCUT2D eigenvalue weighted by molar-refractivity contribution is -0.165. The predicted octanol–water partition coefficient (Wildman–Crippen LogP) is 0.149. The summed E-state index contributed by atoms with van der Waals surface area (Å²) < 4.78 is 0. The van der Waals surface area contributed by atoms with Crippen LogP contribution < -0.4 is 5.32 Å². The Bertz CT molecular complexity index is 333. The number of nitrogens with zero attached hydrogens (tertiary/aromatic N) is 2. The summed E-state index contributed by atoms with van der Waals surface area (Å²) in [6, 6.07) is 0. The second kappa shape index (κ2) is 3.53. The van der Waals surface area contributed by atoms with E-state index in [1.165, 1.54) is 0 Å². The Morgan fingerprint density at radius 2 is 1.88 bits per heavy atom. The fraction of sp³-hybridized carbons (Fsp3) is 0.923. The van der Waals surface area contributed by atoms with Gasteiger partial charge in [0.05, 0.1) is 12.1 Å². The molecule has 4 bridgehead atoms. The molecule has 0 spiro atoms. The molecule has 4 heterocycles. The molecule has 0 aromatic carbocycles. The first-order valence-electron chi connectivity index (χ1n) is 6.62. The molecule has 0 radical (unpaired) electrons. The van der Waals surface area contributed by atoms with Gasteiger partial charge in [-0.25, -0.2) is 0 Å². The van der Waals surface area contributed by atoms with E-state index in [0.717, 1.165) is 39.4 Å². The second-order valence-electron chi connectivity index (χ2n) is 7.11.